The van der Waals surface area contributed by atoms with Gasteiger partial charge in [0.05, 0.1) is 12.2 Å². The highest BCUT2D eigenvalue weighted by Crippen LogP contribution is 2.10. The molecule has 5 nitrogen and oxygen atoms in total. The zero-order chi connectivity index (χ0) is 15.7. The van der Waals surface area contributed by atoms with Crippen LogP contribution in [-0.2, 0) is 17.3 Å². The summed E-state index contributed by atoms with van der Waals surface area (Å²) in [5.74, 6) is 1.34. The van der Waals surface area contributed by atoms with Crippen LogP contribution in [0.15, 0.2) is 29.4 Å². The minimum atomic E-state index is -0.855. The molecule has 2 N–H and O–H groups in total. The molecule has 6 heteroatoms. The van der Waals surface area contributed by atoms with Crippen molar-refractivity contribution in [1.29, 1.82) is 0 Å². The zero-order valence-electron chi connectivity index (χ0n) is 13.3. The van der Waals surface area contributed by atoms with Crippen molar-refractivity contribution in [1.82, 2.24) is 15.6 Å². The lowest BCUT2D eigenvalue weighted by atomic mass is 10.3. The lowest BCUT2D eigenvalue weighted by molar-refractivity contribution is 0.647. The van der Waals surface area contributed by atoms with Gasteiger partial charge in [-0.15, -0.1) is 0 Å². The molecule has 0 aliphatic rings. The summed E-state index contributed by atoms with van der Waals surface area (Å²) in [5.41, 5.74) is 0.924. The predicted molar refractivity (Wildman–Crippen MR) is 89.8 cm³/mol. The van der Waals surface area contributed by atoms with Gasteiger partial charge in [0.15, 0.2) is 5.96 Å². The molecule has 1 atom stereocenters. The molecule has 0 aliphatic heterocycles. The normalized spacial score (nSPS) is 13.8. The molecule has 0 amide bonds. The summed E-state index contributed by atoms with van der Waals surface area (Å²) < 4.78 is 11.8. The monoisotopic (exact) mass is 310 g/mol. The molecule has 0 saturated carbocycles. The molecule has 1 aromatic heterocycles. The number of nitrogens with one attached hydrogen (secondary N) is 2. The van der Waals surface area contributed by atoms with Gasteiger partial charge in [-0.2, -0.15) is 0 Å². The lowest BCUT2D eigenvalue weighted by Gasteiger charge is -2.18. The molecule has 0 aromatic carbocycles. The van der Waals surface area contributed by atoms with Gasteiger partial charge < -0.3 is 10.6 Å². The minimum Gasteiger partial charge on any atom is -0.357 e. The van der Waals surface area contributed by atoms with Crippen LogP contribution >= 0.6 is 0 Å². The Morgan fingerprint density at radius 1 is 1.33 bits per heavy atom. The minimum absolute atomic E-state index is 0.175. The van der Waals surface area contributed by atoms with Crippen LogP contribution in [0.5, 0.6) is 0 Å². The summed E-state index contributed by atoms with van der Waals surface area (Å²) in [7, 11) is -0.855. The van der Waals surface area contributed by atoms with Crippen LogP contribution in [0.1, 0.15) is 33.4 Å². The third kappa shape index (κ3) is 7.22. The second-order valence-electron chi connectivity index (χ2n) is 5.61. The van der Waals surface area contributed by atoms with Crippen molar-refractivity contribution >= 4 is 16.8 Å². The maximum absolute atomic E-state index is 12.0. The third-order valence-electron chi connectivity index (χ3n) is 2.73. The average Bonchev–Trinajstić information content (AvgIpc) is 2.44. The Bertz CT molecular complexity index is 468. The number of rotatable bonds is 6. The quantitative estimate of drug-likeness (QED) is 0.620. The van der Waals surface area contributed by atoms with Crippen LogP contribution in [0.3, 0.4) is 0 Å². The smallest absolute Gasteiger partial charge is 0.191 e. The number of hydrogen-bond donors (Lipinski definition) is 2. The van der Waals surface area contributed by atoms with Crippen LogP contribution in [0, 0.1) is 0 Å². The summed E-state index contributed by atoms with van der Waals surface area (Å²) in [6, 6.07) is 5.78. The number of aromatic nitrogens is 1. The van der Waals surface area contributed by atoms with Gasteiger partial charge in [0.1, 0.15) is 0 Å². The van der Waals surface area contributed by atoms with Crippen molar-refractivity contribution in [2.24, 2.45) is 4.99 Å². The van der Waals surface area contributed by atoms with E-state index < -0.39 is 10.8 Å². The first-order chi connectivity index (χ1) is 9.93. The van der Waals surface area contributed by atoms with Crippen molar-refractivity contribution in [3.05, 3.63) is 30.1 Å². The summed E-state index contributed by atoms with van der Waals surface area (Å²) in [5, 5.41) is 6.39. The summed E-state index contributed by atoms with van der Waals surface area (Å²) in [6.45, 7) is 9.94. The Hall–Kier alpha value is -1.43. The Kier molecular flexibility index (Phi) is 7.36. The molecule has 0 aliphatic carbocycles. The van der Waals surface area contributed by atoms with Gasteiger partial charge in [0, 0.05) is 40.6 Å². The first-order valence-electron chi connectivity index (χ1n) is 7.24. The summed E-state index contributed by atoms with van der Waals surface area (Å²) in [4.78, 5) is 8.72. The van der Waals surface area contributed by atoms with E-state index in [1.165, 1.54) is 0 Å². The van der Waals surface area contributed by atoms with E-state index in [9.17, 15) is 4.21 Å². The molecule has 0 saturated heterocycles. The Morgan fingerprint density at radius 2 is 2.10 bits per heavy atom. The van der Waals surface area contributed by atoms with Crippen LogP contribution in [-0.4, -0.2) is 38.7 Å². The highest BCUT2D eigenvalue weighted by molar-refractivity contribution is 7.86. The van der Waals surface area contributed by atoms with Gasteiger partial charge in [-0.1, -0.05) is 6.07 Å². The van der Waals surface area contributed by atoms with Gasteiger partial charge in [0.25, 0.3) is 0 Å². The largest absolute Gasteiger partial charge is 0.357 e. The van der Waals surface area contributed by atoms with E-state index in [1.807, 2.05) is 45.9 Å². The molecule has 21 heavy (non-hydrogen) atoms. The zero-order valence-corrected chi connectivity index (χ0v) is 14.2. The highest BCUT2D eigenvalue weighted by atomic mass is 32.2. The van der Waals surface area contributed by atoms with E-state index in [0.717, 1.165) is 18.2 Å². The van der Waals surface area contributed by atoms with E-state index >= 15 is 0 Å². The Morgan fingerprint density at radius 3 is 2.67 bits per heavy atom. The molecule has 0 radical (unpaired) electrons. The molecular formula is C15H26N4OS. The number of nitrogens with zero attached hydrogens (tertiary/aromatic N) is 2. The number of pyridine rings is 1. The fourth-order valence-corrected chi connectivity index (χ4v) is 2.46. The fraction of sp³-hybridized carbons (Fsp3) is 0.600. The summed E-state index contributed by atoms with van der Waals surface area (Å²) >= 11 is 0. The number of guanidine groups is 1. The topological polar surface area (TPSA) is 66.4 Å². The predicted octanol–water partition coefficient (Wildman–Crippen LogP) is 1.68. The van der Waals surface area contributed by atoms with E-state index in [0.29, 0.717) is 18.8 Å². The molecule has 0 fully saturated rings. The van der Waals surface area contributed by atoms with Crippen LogP contribution < -0.4 is 10.6 Å². The Balaban J connectivity index is 2.48. The SMILES string of the molecule is CCNC(=NCc1ccccn1)NCCS(=O)C(C)(C)C. The van der Waals surface area contributed by atoms with Crippen LogP contribution in [0.2, 0.25) is 0 Å². The molecule has 118 valence electrons. The first kappa shape index (κ1) is 17.6. The Labute approximate surface area is 130 Å². The maximum Gasteiger partial charge on any atom is 0.191 e. The molecule has 1 unspecified atom stereocenters. The average molecular weight is 310 g/mol. The lowest BCUT2D eigenvalue weighted by Crippen LogP contribution is -2.40. The fourth-order valence-electron chi connectivity index (χ4n) is 1.56. The van der Waals surface area contributed by atoms with Gasteiger partial charge in [-0.25, -0.2) is 4.99 Å². The molecule has 0 bridgehead atoms. The van der Waals surface area contributed by atoms with Gasteiger partial charge in [0.2, 0.25) is 0 Å². The number of aliphatic imine (C=N–C) groups is 1. The van der Waals surface area contributed by atoms with Gasteiger partial charge >= 0.3 is 0 Å². The van der Waals surface area contributed by atoms with E-state index in [-0.39, 0.29) is 4.75 Å². The van der Waals surface area contributed by atoms with Crippen molar-refractivity contribution in [3.8, 4) is 0 Å². The molecule has 1 aromatic rings. The third-order valence-corrected chi connectivity index (χ3v) is 4.67. The van der Waals surface area contributed by atoms with Crippen LogP contribution in [0.25, 0.3) is 0 Å². The second-order valence-corrected chi connectivity index (χ2v) is 7.93. The van der Waals surface area contributed by atoms with Gasteiger partial charge in [-0.3, -0.25) is 9.19 Å². The number of hydrogen-bond acceptors (Lipinski definition) is 3. The maximum atomic E-state index is 12.0. The highest BCUT2D eigenvalue weighted by Gasteiger charge is 2.18. The summed E-state index contributed by atoms with van der Waals surface area (Å²) in [6.07, 6.45) is 1.76. The molecule has 0 spiro atoms. The van der Waals surface area contributed by atoms with Crippen LogP contribution in [0.4, 0.5) is 0 Å². The van der Waals surface area contributed by atoms with E-state index in [2.05, 4.69) is 20.6 Å². The van der Waals surface area contributed by atoms with Crippen molar-refractivity contribution < 1.29 is 4.21 Å². The van der Waals surface area contributed by atoms with Gasteiger partial charge in [-0.05, 0) is 39.8 Å². The molecule has 1 rings (SSSR count). The molecular weight excluding hydrogens is 284 g/mol. The van der Waals surface area contributed by atoms with Crippen molar-refractivity contribution in [2.75, 3.05) is 18.8 Å². The standard InChI is InChI=1S/C15H26N4OS/c1-5-16-14(18-10-11-21(20)15(2,3)4)19-12-13-8-6-7-9-17-13/h6-9H,5,10-12H2,1-4H3,(H2,16,18,19). The molecule has 1 heterocycles. The van der Waals surface area contributed by atoms with Crippen molar-refractivity contribution in [3.63, 3.8) is 0 Å². The van der Waals surface area contributed by atoms with Crippen molar-refractivity contribution in [2.45, 2.75) is 39.0 Å². The second kappa shape index (κ2) is 8.77. The van der Waals surface area contributed by atoms with E-state index in [1.54, 1.807) is 6.20 Å². The van der Waals surface area contributed by atoms with E-state index in [4.69, 9.17) is 0 Å². The first-order valence-corrected chi connectivity index (χ1v) is 8.56.